The van der Waals surface area contributed by atoms with Crippen LogP contribution in [0.3, 0.4) is 0 Å². The summed E-state index contributed by atoms with van der Waals surface area (Å²) in [7, 11) is 1.66. The highest BCUT2D eigenvalue weighted by Gasteiger charge is 1.99. The maximum Gasteiger partial charge on any atom is 0.243 e. The van der Waals surface area contributed by atoms with E-state index in [1.807, 2.05) is 24.3 Å². The SMILES string of the molecule is COc1ccc(SCCCCCC(=O)NO)cc1. The maximum absolute atomic E-state index is 10.7. The van der Waals surface area contributed by atoms with Gasteiger partial charge in [0.25, 0.3) is 0 Å². The number of hydrogen-bond acceptors (Lipinski definition) is 4. The smallest absolute Gasteiger partial charge is 0.243 e. The Labute approximate surface area is 112 Å². The highest BCUT2D eigenvalue weighted by atomic mass is 32.2. The number of benzene rings is 1. The number of hydrogen-bond donors (Lipinski definition) is 2. The van der Waals surface area contributed by atoms with Crippen LogP contribution in [0.15, 0.2) is 29.2 Å². The third kappa shape index (κ3) is 5.93. The average molecular weight is 269 g/mol. The van der Waals surface area contributed by atoms with Gasteiger partial charge in [0.1, 0.15) is 5.75 Å². The van der Waals surface area contributed by atoms with Crippen LogP contribution in [0, 0.1) is 0 Å². The number of carbonyl (C=O) groups is 1. The summed E-state index contributed by atoms with van der Waals surface area (Å²) < 4.78 is 5.09. The summed E-state index contributed by atoms with van der Waals surface area (Å²) in [5.41, 5.74) is 1.64. The molecule has 2 N–H and O–H groups in total. The van der Waals surface area contributed by atoms with Crippen LogP contribution in [0.2, 0.25) is 0 Å². The lowest BCUT2D eigenvalue weighted by Crippen LogP contribution is -2.17. The number of hydroxylamine groups is 1. The fourth-order valence-corrected chi connectivity index (χ4v) is 2.39. The highest BCUT2D eigenvalue weighted by molar-refractivity contribution is 7.99. The first kappa shape index (κ1) is 14.9. The Balaban J connectivity index is 2.08. The average Bonchev–Trinajstić information content (AvgIpc) is 2.43. The van der Waals surface area contributed by atoms with E-state index in [2.05, 4.69) is 0 Å². The molecule has 4 nitrogen and oxygen atoms in total. The zero-order valence-corrected chi connectivity index (χ0v) is 11.3. The van der Waals surface area contributed by atoms with Gasteiger partial charge < -0.3 is 4.74 Å². The van der Waals surface area contributed by atoms with E-state index in [4.69, 9.17) is 9.94 Å². The van der Waals surface area contributed by atoms with Crippen molar-refractivity contribution < 1.29 is 14.7 Å². The van der Waals surface area contributed by atoms with Gasteiger partial charge in [-0.1, -0.05) is 6.42 Å². The molecular formula is C13H19NO3S. The van der Waals surface area contributed by atoms with Crippen molar-refractivity contribution >= 4 is 17.7 Å². The van der Waals surface area contributed by atoms with Gasteiger partial charge in [-0.3, -0.25) is 10.0 Å². The number of rotatable bonds is 8. The number of ether oxygens (including phenoxy) is 1. The Hall–Kier alpha value is -1.20. The number of methoxy groups -OCH3 is 1. The largest absolute Gasteiger partial charge is 0.497 e. The summed E-state index contributed by atoms with van der Waals surface area (Å²) in [6.07, 6.45) is 3.27. The van der Waals surface area contributed by atoms with E-state index in [1.165, 1.54) is 4.90 Å². The normalized spacial score (nSPS) is 10.1. The van der Waals surface area contributed by atoms with Gasteiger partial charge in [0.2, 0.25) is 5.91 Å². The Bertz CT molecular complexity index is 354. The Morgan fingerprint density at radius 3 is 2.61 bits per heavy atom. The lowest BCUT2D eigenvalue weighted by molar-refractivity contribution is -0.129. The first-order valence-electron chi connectivity index (χ1n) is 5.96. The van der Waals surface area contributed by atoms with Crippen molar-refractivity contribution in [3.8, 4) is 5.75 Å². The third-order valence-electron chi connectivity index (χ3n) is 2.50. The molecule has 0 bridgehead atoms. The van der Waals surface area contributed by atoms with Gasteiger partial charge >= 0.3 is 0 Å². The number of carbonyl (C=O) groups excluding carboxylic acids is 1. The molecule has 0 saturated heterocycles. The lowest BCUT2D eigenvalue weighted by atomic mass is 10.2. The van der Waals surface area contributed by atoms with Crippen LogP contribution in [0.5, 0.6) is 5.75 Å². The van der Waals surface area contributed by atoms with Crippen molar-refractivity contribution in [2.75, 3.05) is 12.9 Å². The van der Waals surface area contributed by atoms with Crippen molar-refractivity contribution in [1.29, 1.82) is 0 Å². The van der Waals surface area contributed by atoms with Gasteiger partial charge in [0, 0.05) is 11.3 Å². The minimum Gasteiger partial charge on any atom is -0.497 e. The molecule has 1 aromatic rings. The zero-order valence-electron chi connectivity index (χ0n) is 10.5. The van der Waals surface area contributed by atoms with Crippen LogP contribution in [0.4, 0.5) is 0 Å². The van der Waals surface area contributed by atoms with Gasteiger partial charge in [0.05, 0.1) is 7.11 Å². The quantitative estimate of drug-likeness (QED) is 0.330. The molecule has 0 aromatic heterocycles. The molecule has 1 amide bonds. The standard InChI is InChI=1S/C13H19NO3S/c1-17-11-6-8-12(9-7-11)18-10-4-2-3-5-13(15)14-16/h6-9,16H,2-5,10H2,1H3,(H,14,15). The predicted octanol–water partition coefficient (Wildman–Crippen LogP) is 2.85. The molecule has 1 rings (SSSR count). The summed E-state index contributed by atoms with van der Waals surface area (Å²) in [5.74, 6) is 1.60. The molecule has 0 atom stereocenters. The number of nitrogens with one attached hydrogen (secondary N) is 1. The Morgan fingerprint density at radius 2 is 2.00 bits per heavy atom. The van der Waals surface area contributed by atoms with Gasteiger partial charge in [-0.25, -0.2) is 5.48 Å². The Morgan fingerprint density at radius 1 is 1.28 bits per heavy atom. The highest BCUT2D eigenvalue weighted by Crippen LogP contribution is 2.22. The first-order valence-corrected chi connectivity index (χ1v) is 6.94. The number of unbranched alkanes of at least 4 members (excludes halogenated alkanes) is 2. The lowest BCUT2D eigenvalue weighted by Gasteiger charge is -2.03. The van der Waals surface area contributed by atoms with E-state index in [1.54, 1.807) is 24.4 Å². The molecule has 5 heteroatoms. The minimum atomic E-state index is -0.308. The van der Waals surface area contributed by atoms with Gasteiger partial charge in [-0.2, -0.15) is 0 Å². The fraction of sp³-hybridized carbons (Fsp3) is 0.462. The van der Waals surface area contributed by atoms with Gasteiger partial charge in [-0.15, -0.1) is 11.8 Å². The molecule has 0 aliphatic rings. The fourth-order valence-electron chi connectivity index (χ4n) is 1.48. The maximum atomic E-state index is 10.7. The summed E-state index contributed by atoms with van der Waals surface area (Å²) in [5, 5.41) is 8.31. The van der Waals surface area contributed by atoms with Crippen molar-refractivity contribution in [1.82, 2.24) is 5.48 Å². The van der Waals surface area contributed by atoms with Gasteiger partial charge in [0.15, 0.2) is 0 Å². The predicted molar refractivity (Wildman–Crippen MR) is 72.1 cm³/mol. The molecule has 0 aliphatic carbocycles. The topological polar surface area (TPSA) is 58.6 Å². The summed E-state index contributed by atoms with van der Waals surface area (Å²) in [6.45, 7) is 0. The van der Waals surface area contributed by atoms with E-state index in [0.717, 1.165) is 30.8 Å². The molecule has 0 radical (unpaired) electrons. The van der Waals surface area contributed by atoms with E-state index in [9.17, 15) is 4.79 Å². The second-order valence-electron chi connectivity index (χ2n) is 3.87. The van der Waals surface area contributed by atoms with Crippen LogP contribution in [-0.4, -0.2) is 24.0 Å². The van der Waals surface area contributed by atoms with Crippen molar-refractivity contribution in [3.63, 3.8) is 0 Å². The van der Waals surface area contributed by atoms with Crippen molar-refractivity contribution in [3.05, 3.63) is 24.3 Å². The minimum absolute atomic E-state index is 0.308. The first-order chi connectivity index (χ1) is 8.76. The van der Waals surface area contributed by atoms with Crippen LogP contribution < -0.4 is 10.2 Å². The number of thioether (sulfide) groups is 1. The molecule has 1 aromatic carbocycles. The van der Waals surface area contributed by atoms with E-state index < -0.39 is 0 Å². The van der Waals surface area contributed by atoms with E-state index in [-0.39, 0.29) is 5.91 Å². The van der Waals surface area contributed by atoms with Crippen molar-refractivity contribution in [2.24, 2.45) is 0 Å². The Kier molecular flexibility index (Phi) is 7.29. The molecule has 0 saturated carbocycles. The van der Waals surface area contributed by atoms with Crippen LogP contribution in [0.1, 0.15) is 25.7 Å². The van der Waals surface area contributed by atoms with E-state index >= 15 is 0 Å². The molecule has 18 heavy (non-hydrogen) atoms. The van der Waals surface area contributed by atoms with Crippen LogP contribution in [-0.2, 0) is 4.79 Å². The summed E-state index contributed by atoms with van der Waals surface area (Å²) in [4.78, 5) is 12.0. The summed E-state index contributed by atoms with van der Waals surface area (Å²) in [6, 6.07) is 7.99. The third-order valence-corrected chi connectivity index (χ3v) is 3.60. The van der Waals surface area contributed by atoms with Crippen LogP contribution >= 0.6 is 11.8 Å². The van der Waals surface area contributed by atoms with E-state index in [0.29, 0.717) is 6.42 Å². The molecule has 0 unspecified atom stereocenters. The van der Waals surface area contributed by atoms with Gasteiger partial charge in [-0.05, 0) is 42.9 Å². The second-order valence-corrected chi connectivity index (χ2v) is 5.04. The molecule has 0 fully saturated rings. The monoisotopic (exact) mass is 269 g/mol. The summed E-state index contributed by atoms with van der Waals surface area (Å²) >= 11 is 1.80. The second kappa shape index (κ2) is 8.83. The molecule has 0 spiro atoms. The molecule has 0 heterocycles. The molecule has 0 aliphatic heterocycles. The molecular weight excluding hydrogens is 250 g/mol. The molecule has 100 valence electrons. The van der Waals surface area contributed by atoms with Crippen molar-refractivity contribution in [2.45, 2.75) is 30.6 Å². The number of amides is 1. The zero-order chi connectivity index (χ0) is 13.2. The van der Waals surface area contributed by atoms with Crippen LogP contribution in [0.25, 0.3) is 0 Å².